The molecule has 0 aromatic carbocycles. The van der Waals surface area contributed by atoms with Gasteiger partial charge in [0.2, 0.25) is 11.8 Å². The van der Waals surface area contributed by atoms with Crippen LogP contribution in [0.1, 0.15) is 36.6 Å². The molecule has 2 amide bonds. The number of hydrogen-bond donors (Lipinski definition) is 0. The first-order valence-electron chi connectivity index (χ1n) is 10.3. The highest BCUT2D eigenvalue weighted by molar-refractivity contribution is 7.10. The quantitative estimate of drug-likeness (QED) is 0.767. The molecule has 1 atom stereocenters. The average Bonchev–Trinajstić information content (AvgIpc) is 3.43. The zero-order chi connectivity index (χ0) is 18.6. The smallest absolute Gasteiger partial charge is 0.237 e. The number of rotatable bonds is 5. The lowest BCUT2D eigenvalue weighted by Gasteiger charge is -2.35. The summed E-state index contributed by atoms with van der Waals surface area (Å²) in [6.45, 7) is 7.27. The first-order valence-corrected chi connectivity index (χ1v) is 11.1. The number of nitrogens with zero attached hydrogens (tertiary/aromatic N) is 4. The summed E-state index contributed by atoms with van der Waals surface area (Å²) in [6.07, 6.45) is 4.47. The van der Waals surface area contributed by atoms with Crippen LogP contribution in [0.2, 0.25) is 0 Å². The first-order chi connectivity index (χ1) is 13.2. The van der Waals surface area contributed by atoms with Crippen LogP contribution >= 0.6 is 11.3 Å². The SMILES string of the molecule is O=C(CN1CCN(CC(=O)N2CCCC2c2cccs2)CC1)N1CCCC1. The Bertz CT molecular complexity index is 636. The number of thiophene rings is 1. The van der Waals surface area contributed by atoms with Gasteiger partial charge in [0.1, 0.15) is 0 Å². The van der Waals surface area contributed by atoms with Crippen molar-refractivity contribution in [3.8, 4) is 0 Å². The topological polar surface area (TPSA) is 47.1 Å². The molecule has 0 N–H and O–H groups in total. The minimum Gasteiger partial charge on any atom is -0.342 e. The third-order valence-electron chi connectivity index (χ3n) is 6.09. The molecule has 1 unspecified atom stereocenters. The van der Waals surface area contributed by atoms with Gasteiger partial charge in [-0.25, -0.2) is 0 Å². The van der Waals surface area contributed by atoms with E-state index in [9.17, 15) is 9.59 Å². The summed E-state index contributed by atoms with van der Waals surface area (Å²) in [7, 11) is 0. The first kappa shape index (κ1) is 18.9. The van der Waals surface area contributed by atoms with Gasteiger partial charge in [-0.3, -0.25) is 19.4 Å². The van der Waals surface area contributed by atoms with E-state index in [1.54, 1.807) is 11.3 Å². The predicted octanol–water partition coefficient (Wildman–Crippen LogP) is 1.65. The monoisotopic (exact) mass is 390 g/mol. The van der Waals surface area contributed by atoms with E-state index in [0.717, 1.165) is 71.5 Å². The Morgan fingerprint density at radius 2 is 1.56 bits per heavy atom. The van der Waals surface area contributed by atoms with Crippen LogP contribution in [0.5, 0.6) is 0 Å². The molecule has 0 aliphatic carbocycles. The Labute approximate surface area is 165 Å². The Kier molecular flexibility index (Phi) is 6.10. The highest BCUT2D eigenvalue weighted by Gasteiger charge is 2.32. The molecule has 1 aromatic heterocycles. The van der Waals surface area contributed by atoms with Gasteiger partial charge in [-0.15, -0.1) is 11.3 Å². The molecule has 7 heteroatoms. The maximum absolute atomic E-state index is 12.9. The van der Waals surface area contributed by atoms with Crippen molar-refractivity contribution in [3.63, 3.8) is 0 Å². The summed E-state index contributed by atoms with van der Waals surface area (Å²) in [5.74, 6) is 0.528. The van der Waals surface area contributed by atoms with E-state index < -0.39 is 0 Å². The second-order valence-electron chi connectivity index (χ2n) is 7.90. The van der Waals surface area contributed by atoms with Crippen LogP contribution in [0.15, 0.2) is 17.5 Å². The van der Waals surface area contributed by atoms with Crippen LogP contribution in [0, 0.1) is 0 Å². The highest BCUT2D eigenvalue weighted by Crippen LogP contribution is 2.34. The zero-order valence-corrected chi connectivity index (χ0v) is 16.8. The van der Waals surface area contributed by atoms with Gasteiger partial charge in [0.25, 0.3) is 0 Å². The molecular weight excluding hydrogens is 360 g/mol. The molecule has 148 valence electrons. The molecule has 6 nitrogen and oxygen atoms in total. The fourth-order valence-electron chi connectivity index (χ4n) is 4.49. The van der Waals surface area contributed by atoms with E-state index in [4.69, 9.17) is 0 Å². The van der Waals surface area contributed by atoms with Crippen molar-refractivity contribution >= 4 is 23.2 Å². The van der Waals surface area contributed by atoms with Crippen LogP contribution in [-0.4, -0.2) is 90.3 Å². The molecule has 3 fully saturated rings. The molecule has 1 aromatic rings. The maximum atomic E-state index is 12.9. The normalized spacial score (nSPS) is 24.7. The van der Waals surface area contributed by atoms with Gasteiger partial charge >= 0.3 is 0 Å². The van der Waals surface area contributed by atoms with Crippen molar-refractivity contribution in [2.24, 2.45) is 0 Å². The third-order valence-corrected chi connectivity index (χ3v) is 7.06. The van der Waals surface area contributed by atoms with Gasteiger partial charge in [0.05, 0.1) is 19.1 Å². The third kappa shape index (κ3) is 4.52. The number of carbonyl (C=O) groups is 2. The molecule has 3 aliphatic heterocycles. The van der Waals surface area contributed by atoms with Gasteiger partial charge in [0.15, 0.2) is 0 Å². The summed E-state index contributed by atoms with van der Waals surface area (Å²) in [5, 5.41) is 2.10. The Hall–Kier alpha value is -1.44. The molecule has 3 saturated heterocycles. The minimum atomic E-state index is 0.257. The van der Waals surface area contributed by atoms with Crippen molar-refractivity contribution in [2.75, 3.05) is 58.9 Å². The van der Waals surface area contributed by atoms with Crippen molar-refractivity contribution in [3.05, 3.63) is 22.4 Å². The molecule has 27 heavy (non-hydrogen) atoms. The molecule has 4 heterocycles. The summed E-state index contributed by atoms with van der Waals surface area (Å²) >= 11 is 1.75. The Morgan fingerprint density at radius 1 is 0.889 bits per heavy atom. The van der Waals surface area contributed by atoms with E-state index in [2.05, 4.69) is 32.2 Å². The van der Waals surface area contributed by atoms with E-state index in [0.29, 0.717) is 13.1 Å². The lowest BCUT2D eigenvalue weighted by Crippen LogP contribution is -2.52. The number of likely N-dealkylation sites (tertiary alicyclic amines) is 2. The molecular formula is C20H30N4O2S. The maximum Gasteiger partial charge on any atom is 0.237 e. The van der Waals surface area contributed by atoms with Crippen molar-refractivity contribution in [2.45, 2.75) is 31.7 Å². The summed E-state index contributed by atoms with van der Waals surface area (Å²) in [5.41, 5.74) is 0. The van der Waals surface area contributed by atoms with Crippen LogP contribution in [0.3, 0.4) is 0 Å². The predicted molar refractivity (Wildman–Crippen MR) is 107 cm³/mol. The molecule has 0 saturated carbocycles. The van der Waals surface area contributed by atoms with E-state index in [1.807, 2.05) is 4.90 Å². The van der Waals surface area contributed by atoms with Gasteiger partial charge in [0, 0.05) is 50.7 Å². The van der Waals surface area contributed by atoms with Crippen molar-refractivity contribution in [1.82, 2.24) is 19.6 Å². The molecule has 0 radical (unpaired) electrons. The lowest BCUT2D eigenvalue weighted by molar-refractivity contribution is -0.135. The largest absolute Gasteiger partial charge is 0.342 e. The summed E-state index contributed by atoms with van der Waals surface area (Å²) in [6, 6.07) is 4.50. The second-order valence-corrected chi connectivity index (χ2v) is 8.88. The van der Waals surface area contributed by atoms with Crippen LogP contribution in [0.25, 0.3) is 0 Å². The standard InChI is InChI=1S/C20H30N4O2S/c25-19(23-7-1-2-8-23)15-21-10-12-22(13-11-21)16-20(26)24-9-3-5-17(24)18-6-4-14-27-18/h4,6,14,17H,1-3,5,7-13,15-16H2. The molecule has 3 aliphatic rings. The number of hydrogen-bond acceptors (Lipinski definition) is 5. The number of amides is 2. The van der Waals surface area contributed by atoms with Crippen LogP contribution < -0.4 is 0 Å². The lowest BCUT2D eigenvalue weighted by atomic mass is 10.2. The van der Waals surface area contributed by atoms with Gasteiger partial charge in [-0.1, -0.05) is 6.07 Å². The van der Waals surface area contributed by atoms with Gasteiger partial charge < -0.3 is 9.80 Å². The highest BCUT2D eigenvalue weighted by atomic mass is 32.1. The molecule has 4 rings (SSSR count). The van der Waals surface area contributed by atoms with Gasteiger partial charge in [-0.05, 0) is 37.1 Å². The second kappa shape index (κ2) is 8.71. The fourth-order valence-corrected chi connectivity index (χ4v) is 5.36. The summed E-state index contributed by atoms with van der Waals surface area (Å²) in [4.78, 5) is 35.1. The van der Waals surface area contributed by atoms with Crippen molar-refractivity contribution in [1.29, 1.82) is 0 Å². The van der Waals surface area contributed by atoms with Gasteiger partial charge in [-0.2, -0.15) is 0 Å². The van der Waals surface area contributed by atoms with Crippen LogP contribution in [-0.2, 0) is 9.59 Å². The fraction of sp³-hybridized carbons (Fsp3) is 0.700. The Balaban J connectivity index is 1.23. The van der Waals surface area contributed by atoms with E-state index >= 15 is 0 Å². The summed E-state index contributed by atoms with van der Waals surface area (Å²) < 4.78 is 0. The zero-order valence-electron chi connectivity index (χ0n) is 16.0. The number of carbonyl (C=O) groups excluding carboxylic acids is 2. The van der Waals surface area contributed by atoms with E-state index in [1.165, 1.54) is 4.88 Å². The van der Waals surface area contributed by atoms with Crippen molar-refractivity contribution < 1.29 is 9.59 Å². The van der Waals surface area contributed by atoms with E-state index in [-0.39, 0.29) is 17.9 Å². The number of piperazine rings is 1. The Morgan fingerprint density at radius 3 is 2.19 bits per heavy atom. The average molecular weight is 391 g/mol. The van der Waals surface area contributed by atoms with Crippen LogP contribution in [0.4, 0.5) is 0 Å². The molecule has 0 spiro atoms. The molecule has 0 bridgehead atoms. The minimum absolute atomic E-state index is 0.257.